The number of furan rings is 1. The van der Waals surface area contributed by atoms with Crippen LogP contribution in [0.15, 0.2) is 47.1 Å². The molecule has 0 radical (unpaired) electrons. The molecule has 2 amide bonds. The molecule has 2 aromatic rings. The first-order valence-corrected chi connectivity index (χ1v) is 6.50. The van der Waals surface area contributed by atoms with Gasteiger partial charge in [0, 0.05) is 11.6 Å². The van der Waals surface area contributed by atoms with Gasteiger partial charge in [-0.15, -0.1) is 0 Å². The number of halogens is 1. The van der Waals surface area contributed by atoms with Crippen LogP contribution in [0, 0.1) is 0 Å². The normalized spacial score (nSPS) is 11.9. The number of nitrogens with one attached hydrogen (secondary N) is 2. The highest BCUT2D eigenvalue weighted by Crippen LogP contribution is 2.15. The Bertz CT molecular complexity index is 540. The third-order valence-electron chi connectivity index (χ3n) is 2.71. The van der Waals surface area contributed by atoms with Crippen LogP contribution in [-0.4, -0.2) is 17.7 Å². The summed E-state index contributed by atoms with van der Waals surface area (Å²) in [4.78, 5) is 11.5. The average molecular weight is 295 g/mol. The molecule has 1 aromatic carbocycles. The van der Waals surface area contributed by atoms with Crippen molar-refractivity contribution >= 4 is 17.6 Å². The van der Waals surface area contributed by atoms with Crippen LogP contribution in [0.4, 0.5) is 4.79 Å². The van der Waals surface area contributed by atoms with Crippen LogP contribution in [0.1, 0.15) is 17.4 Å². The third-order valence-corrected chi connectivity index (χ3v) is 2.97. The smallest absolute Gasteiger partial charge is 0.315 e. The SMILES string of the molecule is O=C(NCc1ccco1)NCC(O)c1ccc(Cl)cc1. The van der Waals surface area contributed by atoms with Gasteiger partial charge < -0.3 is 20.2 Å². The largest absolute Gasteiger partial charge is 0.467 e. The van der Waals surface area contributed by atoms with E-state index in [0.29, 0.717) is 22.9 Å². The summed E-state index contributed by atoms with van der Waals surface area (Å²) in [6.07, 6.45) is 0.765. The average Bonchev–Trinajstić information content (AvgIpc) is 2.96. The van der Waals surface area contributed by atoms with Crippen LogP contribution in [0.2, 0.25) is 5.02 Å². The maximum absolute atomic E-state index is 11.5. The number of amides is 2. The molecule has 0 fully saturated rings. The van der Waals surface area contributed by atoms with E-state index in [0.717, 1.165) is 0 Å². The van der Waals surface area contributed by atoms with Crippen LogP contribution in [0.5, 0.6) is 0 Å². The van der Waals surface area contributed by atoms with Gasteiger partial charge in [-0.3, -0.25) is 0 Å². The number of carbonyl (C=O) groups is 1. The van der Waals surface area contributed by atoms with Crippen molar-refractivity contribution in [2.75, 3.05) is 6.54 Å². The number of hydrogen-bond acceptors (Lipinski definition) is 3. The Kier molecular flexibility index (Phi) is 5.03. The lowest BCUT2D eigenvalue weighted by Gasteiger charge is -2.12. The van der Waals surface area contributed by atoms with Gasteiger partial charge in [-0.1, -0.05) is 23.7 Å². The van der Waals surface area contributed by atoms with Crippen LogP contribution in [0.3, 0.4) is 0 Å². The molecular weight excluding hydrogens is 280 g/mol. The number of rotatable bonds is 5. The topological polar surface area (TPSA) is 74.5 Å². The number of carbonyl (C=O) groups excluding carboxylic acids is 1. The second kappa shape index (κ2) is 6.98. The summed E-state index contributed by atoms with van der Waals surface area (Å²) in [6, 6.07) is 9.97. The van der Waals surface area contributed by atoms with Crippen LogP contribution >= 0.6 is 11.6 Å². The Morgan fingerprint density at radius 2 is 2.00 bits per heavy atom. The van der Waals surface area contributed by atoms with E-state index in [2.05, 4.69) is 10.6 Å². The van der Waals surface area contributed by atoms with Gasteiger partial charge in [-0.2, -0.15) is 0 Å². The number of urea groups is 1. The van der Waals surface area contributed by atoms with Crippen molar-refractivity contribution in [1.29, 1.82) is 0 Å². The first-order valence-electron chi connectivity index (χ1n) is 6.13. The minimum atomic E-state index is -0.776. The molecule has 0 spiro atoms. The summed E-state index contributed by atoms with van der Waals surface area (Å²) in [7, 11) is 0. The van der Waals surface area contributed by atoms with E-state index in [1.54, 1.807) is 42.7 Å². The Morgan fingerprint density at radius 3 is 2.65 bits per heavy atom. The standard InChI is InChI=1S/C14H15ClN2O3/c15-11-5-3-10(4-6-11)13(18)9-17-14(19)16-8-12-2-1-7-20-12/h1-7,13,18H,8-9H2,(H2,16,17,19). The second-order valence-corrected chi connectivity index (χ2v) is 4.65. The summed E-state index contributed by atoms with van der Waals surface area (Å²) in [5.74, 6) is 0.665. The van der Waals surface area contributed by atoms with Crippen molar-refractivity contribution in [3.8, 4) is 0 Å². The van der Waals surface area contributed by atoms with Gasteiger partial charge in [0.2, 0.25) is 0 Å². The number of aliphatic hydroxyl groups is 1. The highest BCUT2D eigenvalue weighted by atomic mass is 35.5. The van der Waals surface area contributed by atoms with E-state index in [1.807, 2.05) is 0 Å². The van der Waals surface area contributed by atoms with E-state index >= 15 is 0 Å². The lowest BCUT2D eigenvalue weighted by Crippen LogP contribution is -2.37. The molecule has 2 rings (SSSR count). The molecule has 0 bridgehead atoms. The van der Waals surface area contributed by atoms with Crippen LogP contribution in [0.25, 0.3) is 0 Å². The molecule has 20 heavy (non-hydrogen) atoms. The maximum atomic E-state index is 11.5. The fourth-order valence-electron chi connectivity index (χ4n) is 1.64. The second-order valence-electron chi connectivity index (χ2n) is 4.21. The summed E-state index contributed by atoms with van der Waals surface area (Å²) in [6.45, 7) is 0.418. The lowest BCUT2D eigenvalue weighted by molar-refractivity contribution is 0.173. The summed E-state index contributed by atoms with van der Waals surface area (Å²) >= 11 is 5.76. The molecule has 6 heteroatoms. The molecule has 0 aliphatic heterocycles. The summed E-state index contributed by atoms with van der Waals surface area (Å²) < 4.78 is 5.09. The van der Waals surface area contributed by atoms with E-state index in [1.165, 1.54) is 0 Å². The number of aliphatic hydroxyl groups excluding tert-OH is 1. The van der Waals surface area contributed by atoms with Crippen molar-refractivity contribution in [1.82, 2.24) is 10.6 Å². The molecule has 0 saturated carbocycles. The van der Waals surface area contributed by atoms with Crippen molar-refractivity contribution in [3.05, 3.63) is 59.0 Å². The van der Waals surface area contributed by atoms with Crippen LogP contribution in [-0.2, 0) is 6.54 Å². The Hall–Kier alpha value is -1.98. The molecular formula is C14H15ClN2O3. The monoisotopic (exact) mass is 294 g/mol. The van der Waals surface area contributed by atoms with Crippen molar-refractivity contribution in [2.45, 2.75) is 12.6 Å². The summed E-state index contributed by atoms with van der Waals surface area (Å²) in [5.41, 5.74) is 0.695. The molecule has 0 aliphatic rings. The van der Waals surface area contributed by atoms with Crippen molar-refractivity contribution < 1.29 is 14.3 Å². The maximum Gasteiger partial charge on any atom is 0.315 e. The molecule has 1 heterocycles. The molecule has 1 aromatic heterocycles. The molecule has 0 aliphatic carbocycles. The summed E-state index contributed by atoms with van der Waals surface area (Å²) in [5, 5.41) is 15.7. The zero-order valence-corrected chi connectivity index (χ0v) is 11.4. The number of benzene rings is 1. The quantitative estimate of drug-likeness (QED) is 0.793. The fraction of sp³-hybridized carbons (Fsp3) is 0.214. The minimum absolute atomic E-state index is 0.117. The fourth-order valence-corrected chi connectivity index (χ4v) is 1.76. The van der Waals surface area contributed by atoms with Gasteiger partial charge in [0.25, 0.3) is 0 Å². The Labute approximate surface area is 121 Å². The highest BCUT2D eigenvalue weighted by Gasteiger charge is 2.09. The predicted molar refractivity (Wildman–Crippen MR) is 75.4 cm³/mol. The Balaban J connectivity index is 1.73. The van der Waals surface area contributed by atoms with E-state index in [4.69, 9.17) is 16.0 Å². The Morgan fingerprint density at radius 1 is 1.25 bits per heavy atom. The van der Waals surface area contributed by atoms with Gasteiger partial charge in [0.15, 0.2) is 0 Å². The van der Waals surface area contributed by atoms with Gasteiger partial charge in [0.05, 0.1) is 18.9 Å². The lowest BCUT2D eigenvalue weighted by atomic mass is 10.1. The van der Waals surface area contributed by atoms with E-state index in [9.17, 15) is 9.90 Å². The van der Waals surface area contributed by atoms with Gasteiger partial charge in [-0.05, 0) is 29.8 Å². The van der Waals surface area contributed by atoms with Gasteiger partial charge in [-0.25, -0.2) is 4.79 Å². The first kappa shape index (κ1) is 14.4. The zero-order chi connectivity index (χ0) is 14.4. The van der Waals surface area contributed by atoms with Crippen molar-refractivity contribution in [3.63, 3.8) is 0 Å². The van der Waals surface area contributed by atoms with Crippen molar-refractivity contribution in [2.24, 2.45) is 0 Å². The van der Waals surface area contributed by atoms with E-state index in [-0.39, 0.29) is 12.6 Å². The first-order chi connectivity index (χ1) is 9.65. The van der Waals surface area contributed by atoms with Crippen LogP contribution < -0.4 is 10.6 Å². The van der Waals surface area contributed by atoms with Gasteiger partial charge in [0.1, 0.15) is 5.76 Å². The number of hydrogen-bond donors (Lipinski definition) is 3. The van der Waals surface area contributed by atoms with E-state index < -0.39 is 6.10 Å². The highest BCUT2D eigenvalue weighted by molar-refractivity contribution is 6.30. The van der Waals surface area contributed by atoms with Gasteiger partial charge >= 0.3 is 6.03 Å². The molecule has 5 nitrogen and oxygen atoms in total. The molecule has 1 unspecified atom stereocenters. The third kappa shape index (κ3) is 4.29. The molecule has 1 atom stereocenters. The molecule has 3 N–H and O–H groups in total. The molecule has 0 saturated heterocycles. The zero-order valence-electron chi connectivity index (χ0n) is 10.7. The molecule has 106 valence electrons. The minimum Gasteiger partial charge on any atom is -0.467 e. The predicted octanol–water partition coefficient (Wildman–Crippen LogP) is 2.47.